The number of hydrogen-bond acceptors (Lipinski definition) is 2. The Morgan fingerprint density at radius 1 is 1.71 bits per heavy atom. The summed E-state index contributed by atoms with van der Waals surface area (Å²) in [5.74, 6) is 1.04. The smallest absolute Gasteiger partial charge is 0.0269 e. The average Bonchev–Trinajstić information content (AvgIpc) is 2.29. The summed E-state index contributed by atoms with van der Waals surface area (Å²) in [5, 5.41) is 0. The van der Waals surface area contributed by atoms with Gasteiger partial charge in [-0.05, 0) is 30.2 Å². The molecule has 0 heterocycles. The second-order valence-corrected chi connectivity index (χ2v) is 6.16. The van der Waals surface area contributed by atoms with Crippen molar-refractivity contribution in [2.75, 3.05) is 5.75 Å². The molecule has 0 aromatic carbocycles. The van der Waals surface area contributed by atoms with Gasteiger partial charge in [-0.15, -0.1) is 18.3 Å². The van der Waals surface area contributed by atoms with Crippen molar-refractivity contribution < 1.29 is 0 Å². The molecule has 0 bridgehead atoms. The maximum atomic E-state index is 6.04. The van der Waals surface area contributed by atoms with Gasteiger partial charge < -0.3 is 5.73 Å². The Morgan fingerprint density at radius 3 is 2.82 bits per heavy atom. The zero-order valence-corrected chi connectivity index (χ0v) is 11.9. The van der Waals surface area contributed by atoms with Crippen molar-refractivity contribution >= 4 is 11.8 Å². The largest absolute Gasteiger partial charge is 0.324 e. The lowest BCUT2D eigenvalue weighted by Gasteiger charge is -2.31. The molecule has 0 aliphatic heterocycles. The third-order valence-corrected chi connectivity index (χ3v) is 4.05. The zero-order valence-electron chi connectivity index (χ0n) is 11.1. The summed E-state index contributed by atoms with van der Waals surface area (Å²) in [4.78, 5) is 1.15. The van der Waals surface area contributed by atoms with Crippen LogP contribution in [0.15, 0.2) is 47.4 Å². The number of allylic oxidation sites excluding steroid dienone is 3. The second-order valence-electron chi connectivity index (χ2n) is 4.80. The maximum absolute atomic E-state index is 6.04. The first-order valence-electron chi connectivity index (χ1n) is 6.07. The third-order valence-electron chi connectivity index (χ3n) is 3.16. The lowest BCUT2D eigenvalue weighted by atomic mass is 9.77. The Kier molecular flexibility index (Phi) is 4.84. The minimum absolute atomic E-state index is 0.0327. The molecule has 0 aromatic heterocycles. The van der Waals surface area contributed by atoms with Crippen LogP contribution in [0.3, 0.4) is 0 Å². The zero-order chi connectivity index (χ0) is 13.1. The normalized spacial score (nSPS) is 25.9. The monoisotopic (exact) mass is 249 g/mol. The first kappa shape index (κ1) is 14.3. The van der Waals surface area contributed by atoms with Gasteiger partial charge in [0, 0.05) is 16.4 Å². The van der Waals surface area contributed by atoms with Crippen molar-refractivity contribution in [3.63, 3.8) is 0 Å². The molecule has 1 rings (SSSR count). The van der Waals surface area contributed by atoms with Crippen LogP contribution < -0.4 is 5.73 Å². The van der Waals surface area contributed by atoms with Gasteiger partial charge in [0.05, 0.1) is 0 Å². The van der Waals surface area contributed by atoms with Crippen LogP contribution in [0.5, 0.6) is 0 Å². The van der Waals surface area contributed by atoms with Crippen LogP contribution in [-0.2, 0) is 0 Å². The fourth-order valence-electron chi connectivity index (χ4n) is 2.01. The highest BCUT2D eigenvalue weighted by Crippen LogP contribution is 2.41. The molecule has 0 spiro atoms. The fourth-order valence-corrected chi connectivity index (χ4v) is 2.72. The first-order chi connectivity index (χ1) is 7.93. The van der Waals surface area contributed by atoms with Gasteiger partial charge in [-0.25, -0.2) is 0 Å². The van der Waals surface area contributed by atoms with Crippen molar-refractivity contribution in [2.24, 2.45) is 11.1 Å². The quantitative estimate of drug-likeness (QED) is 0.744. The summed E-state index contributed by atoms with van der Waals surface area (Å²) in [6.45, 7) is 14.5. The van der Waals surface area contributed by atoms with Gasteiger partial charge in [0.2, 0.25) is 0 Å². The van der Waals surface area contributed by atoms with Gasteiger partial charge in [0.25, 0.3) is 0 Å². The summed E-state index contributed by atoms with van der Waals surface area (Å²) in [6, 6.07) is 0.0600. The standard InChI is InChI=1S/C15H23NS/c1-6-15(5)9-8-13(11(3)16)14(10-15)12(4)17-7-2/h6,8-9,11H,1,4,7,10,16H2,2-3,5H3. The van der Waals surface area contributed by atoms with Crippen molar-refractivity contribution in [1.29, 1.82) is 0 Å². The van der Waals surface area contributed by atoms with Gasteiger partial charge in [-0.2, -0.15) is 0 Å². The molecule has 1 aliphatic carbocycles. The molecule has 0 amide bonds. The summed E-state index contributed by atoms with van der Waals surface area (Å²) in [6.07, 6.45) is 7.31. The van der Waals surface area contributed by atoms with E-state index in [0.717, 1.165) is 17.1 Å². The van der Waals surface area contributed by atoms with E-state index in [2.05, 4.69) is 39.2 Å². The lowest BCUT2D eigenvalue weighted by Crippen LogP contribution is -2.24. The molecule has 1 aliphatic rings. The van der Waals surface area contributed by atoms with E-state index in [1.54, 1.807) is 11.8 Å². The van der Waals surface area contributed by atoms with Crippen molar-refractivity contribution in [3.8, 4) is 0 Å². The van der Waals surface area contributed by atoms with Crippen molar-refractivity contribution in [3.05, 3.63) is 47.4 Å². The molecule has 0 aromatic rings. The molecule has 0 radical (unpaired) electrons. The van der Waals surface area contributed by atoms with E-state index in [1.807, 2.05) is 13.0 Å². The maximum Gasteiger partial charge on any atom is 0.0269 e. The Hall–Kier alpha value is -0.730. The number of rotatable bonds is 5. The SMILES string of the molecule is C=CC1(C)C=CC(C(C)N)=C(C(=C)SCC)C1. The summed E-state index contributed by atoms with van der Waals surface area (Å²) in [7, 11) is 0. The number of thioether (sulfide) groups is 1. The Morgan fingerprint density at radius 2 is 2.35 bits per heavy atom. The minimum atomic E-state index is 0.0327. The van der Waals surface area contributed by atoms with Crippen molar-refractivity contribution in [1.82, 2.24) is 0 Å². The summed E-state index contributed by atoms with van der Waals surface area (Å²) < 4.78 is 0. The molecule has 94 valence electrons. The van der Waals surface area contributed by atoms with Gasteiger partial charge in [0.15, 0.2) is 0 Å². The van der Waals surface area contributed by atoms with E-state index in [-0.39, 0.29) is 11.5 Å². The Bertz CT molecular complexity index is 376. The molecule has 0 saturated heterocycles. The minimum Gasteiger partial charge on any atom is -0.324 e. The Labute approximate surface area is 110 Å². The summed E-state index contributed by atoms with van der Waals surface area (Å²) in [5.41, 5.74) is 8.59. The molecule has 1 nitrogen and oxygen atoms in total. The van der Waals surface area contributed by atoms with Crippen molar-refractivity contribution in [2.45, 2.75) is 33.2 Å². The fraction of sp³-hybridized carbons (Fsp3) is 0.467. The second kappa shape index (κ2) is 5.74. The van der Waals surface area contributed by atoms with E-state index >= 15 is 0 Å². The topological polar surface area (TPSA) is 26.0 Å². The molecule has 2 heteroatoms. The van der Waals surface area contributed by atoms with Gasteiger partial charge in [-0.3, -0.25) is 0 Å². The lowest BCUT2D eigenvalue weighted by molar-refractivity contribution is 0.537. The van der Waals surface area contributed by atoms with E-state index in [9.17, 15) is 0 Å². The molecule has 2 unspecified atom stereocenters. The first-order valence-corrected chi connectivity index (χ1v) is 7.05. The average molecular weight is 249 g/mol. The van der Waals surface area contributed by atoms with Crippen LogP contribution in [0.2, 0.25) is 0 Å². The Balaban J connectivity index is 3.10. The molecule has 0 fully saturated rings. The van der Waals surface area contributed by atoms with E-state index in [4.69, 9.17) is 5.73 Å². The van der Waals surface area contributed by atoms with Crippen LogP contribution in [-0.4, -0.2) is 11.8 Å². The molecule has 2 atom stereocenters. The highest BCUT2D eigenvalue weighted by molar-refractivity contribution is 8.03. The third kappa shape index (κ3) is 3.36. The molecule has 2 N–H and O–H groups in total. The molecular weight excluding hydrogens is 226 g/mol. The summed E-state index contributed by atoms with van der Waals surface area (Å²) >= 11 is 1.79. The highest BCUT2D eigenvalue weighted by atomic mass is 32.2. The van der Waals surface area contributed by atoms with E-state index in [1.165, 1.54) is 11.1 Å². The van der Waals surface area contributed by atoms with Crippen LogP contribution in [0, 0.1) is 5.41 Å². The van der Waals surface area contributed by atoms with Crippen LogP contribution in [0.25, 0.3) is 0 Å². The molecule has 17 heavy (non-hydrogen) atoms. The van der Waals surface area contributed by atoms with Crippen LogP contribution in [0.1, 0.15) is 27.2 Å². The molecule has 0 saturated carbocycles. The van der Waals surface area contributed by atoms with Crippen LogP contribution >= 0.6 is 11.8 Å². The molecular formula is C15H23NS. The highest BCUT2D eigenvalue weighted by Gasteiger charge is 2.26. The number of nitrogens with two attached hydrogens (primary N) is 1. The van der Waals surface area contributed by atoms with E-state index < -0.39 is 0 Å². The number of hydrogen-bond donors (Lipinski definition) is 1. The van der Waals surface area contributed by atoms with Gasteiger partial charge in [0.1, 0.15) is 0 Å². The predicted molar refractivity (Wildman–Crippen MR) is 80.0 cm³/mol. The predicted octanol–water partition coefficient (Wildman–Crippen LogP) is 4.05. The van der Waals surface area contributed by atoms with Crippen LogP contribution in [0.4, 0.5) is 0 Å². The van der Waals surface area contributed by atoms with Gasteiger partial charge in [-0.1, -0.05) is 38.7 Å². The van der Waals surface area contributed by atoms with Gasteiger partial charge >= 0.3 is 0 Å². The van der Waals surface area contributed by atoms with E-state index in [0.29, 0.717) is 0 Å².